The molecule has 16 heavy (non-hydrogen) atoms. The highest BCUT2D eigenvalue weighted by atomic mass is 16.1. The van der Waals surface area contributed by atoms with E-state index in [4.69, 9.17) is 0 Å². The first-order valence-electron chi connectivity index (χ1n) is 5.59. The predicted octanol–water partition coefficient (Wildman–Crippen LogP) is 0.000900. The fourth-order valence-corrected chi connectivity index (χ4v) is 1.82. The molecule has 1 aromatic heterocycles. The van der Waals surface area contributed by atoms with Gasteiger partial charge in [0.25, 0.3) is 0 Å². The summed E-state index contributed by atoms with van der Waals surface area (Å²) in [7, 11) is 0. The summed E-state index contributed by atoms with van der Waals surface area (Å²) in [4.78, 5) is 19.5. The molecular formula is C11H16N4O. The second-order valence-electron chi connectivity index (χ2n) is 3.94. The van der Waals surface area contributed by atoms with E-state index in [2.05, 4.69) is 20.6 Å². The van der Waals surface area contributed by atoms with Crippen LogP contribution < -0.4 is 10.6 Å². The van der Waals surface area contributed by atoms with E-state index in [-0.39, 0.29) is 5.78 Å². The van der Waals surface area contributed by atoms with Crippen LogP contribution in [0.15, 0.2) is 18.6 Å². The molecule has 0 saturated carbocycles. The topological polar surface area (TPSA) is 66.9 Å². The third-order valence-electron chi connectivity index (χ3n) is 2.69. The predicted molar refractivity (Wildman–Crippen MR) is 60.3 cm³/mol. The Hall–Kier alpha value is -1.33. The highest BCUT2D eigenvalue weighted by Crippen LogP contribution is 2.02. The number of hydrogen-bond donors (Lipinski definition) is 2. The fourth-order valence-electron chi connectivity index (χ4n) is 1.82. The number of Topliss-reactive ketones (excluding diaryl/α,β-unsaturated/α-hetero) is 1. The van der Waals surface area contributed by atoms with Crippen molar-refractivity contribution >= 4 is 5.78 Å². The van der Waals surface area contributed by atoms with Crippen LogP contribution in [0.3, 0.4) is 0 Å². The molecular weight excluding hydrogens is 204 g/mol. The van der Waals surface area contributed by atoms with Crippen LogP contribution in [0, 0.1) is 0 Å². The third-order valence-corrected chi connectivity index (χ3v) is 2.69. The first-order chi connectivity index (χ1) is 7.86. The zero-order valence-corrected chi connectivity index (χ0v) is 9.15. The summed E-state index contributed by atoms with van der Waals surface area (Å²) >= 11 is 0. The van der Waals surface area contributed by atoms with Gasteiger partial charge in [0.15, 0.2) is 5.78 Å². The minimum absolute atomic E-state index is 0.00824. The van der Waals surface area contributed by atoms with Crippen LogP contribution in [-0.4, -0.2) is 41.4 Å². The number of carbonyl (C=O) groups is 1. The minimum atomic E-state index is -0.00824. The molecule has 0 bridgehead atoms. The third kappa shape index (κ3) is 3.08. The highest BCUT2D eigenvalue weighted by molar-refractivity contribution is 5.95. The number of hydrogen-bond acceptors (Lipinski definition) is 5. The number of nitrogens with zero attached hydrogens (tertiary/aromatic N) is 2. The van der Waals surface area contributed by atoms with Gasteiger partial charge in [0.2, 0.25) is 0 Å². The molecule has 1 atom stereocenters. The molecule has 0 aromatic carbocycles. The van der Waals surface area contributed by atoms with Crippen LogP contribution in [0.25, 0.3) is 0 Å². The number of carbonyl (C=O) groups excluding carboxylic acids is 1. The van der Waals surface area contributed by atoms with Crippen molar-refractivity contribution in [2.75, 3.05) is 19.6 Å². The Morgan fingerprint density at radius 2 is 2.50 bits per heavy atom. The largest absolute Gasteiger partial charge is 0.313 e. The fraction of sp³-hybridized carbons (Fsp3) is 0.545. The Morgan fingerprint density at radius 3 is 3.19 bits per heavy atom. The molecule has 1 aliphatic rings. The lowest BCUT2D eigenvalue weighted by atomic mass is 10.2. The zero-order chi connectivity index (χ0) is 11.2. The molecule has 1 aliphatic heterocycles. The van der Waals surface area contributed by atoms with Crippen molar-refractivity contribution < 1.29 is 4.79 Å². The van der Waals surface area contributed by atoms with Crippen molar-refractivity contribution in [3.8, 4) is 0 Å². The van der Waals surface area contributed by atoms with E-state index >= 15 is 0 Å². The summed E-state index contributed by atoms with van der Waals surface area (Å²) in [6, 6.07) is 0.509. The second-order valence-corrected chi connectivity index (χ2v) is 3.94. The molecule has 86 valence electrons. The van der Waals surface area contributed by atoms with Gasteiger partial charge in [-0.15, -0.1) is 0 Å². The van der Waals surface area contributed by atoms with E-state index in [9.17, 15) is 4.79 Å². The van der Waals surface area contributed by atoms with Gasteiger partial charge in [-0.1, -0.05) is 0 Å². The Kier molecular flexibility index (Phi) is 3.96. The second kappa shape index (κ2) is 5.67. The highest BCUT2D eigenvalue weighted by Gasteiger charge is 2.14. The van der Waals surface area contributed by atoms with Crippen LogP contribution >= 0.6 is 0 Å². The summed E-state index contributed by atoms with van der Waals surface area (Å²) in [6.45, 7) is 2.26. The normalized spacial score (nSPS) is 19.9. The molecule has 2 heterocycles. The average Bonchev–Trinajstić information content (AvgIpc) is 2.83. The SMILES string of the molecule is O=C(CNC[C@H]1CCCN1)c1cnccn1. The molecule has 1 saturated heterocycles. The van der Waals surface area contributed by atoms with E-state index in [1.54, 1.807) is 6.20 Å². The molecule has 0 aliphatic carbocycles. The number of aromatic nitrogens is 2. The van der Waals surface area contributed by atoms with Crippen LogP contribution in [0.5, 0.6) is 0 Å². The smallest absolute Gasteiger partial charge is 0.196 e. The molecule has 0 unspecified atom stereocenters. The van der Waals surface area contributed by atoms with Gasteiger partial charge < -0.3 is 10.6 Å². The van der Waals surface area contributed by atoms with Crippen molar-refractivity contribution in [1.82, 2.24) is 20.6 Å². The zero-order valence-electron chi connectivity index (χ0n) is 9.15. The molecule has 5 nitrogen and oxygen atoms in total. The van der Waals surface area contributed by atoms with Gasteiger partial charge in [0.05, 0.1) is 12.7 Å². The lowest BCUT2D eigenvalue weighted by Crippen LogP contribution is -2.36. The van der Waals surface area contributed by atoms with Crippen LogP contribution in [0.1, 0.15) is 23.3 Å². The number of rotatable bonds is 5. The van der Waals surface area contributed by atoms with E-state index < -0.39 is 0 Å². The summed E-state index contributed by atoms with van der Waals surface area (Å²) in [6.07, 6.45) is 7.01. The Labute approximate surface area is 94.7 Å². The molecule has 5 heteroatoms. The van der Waals surface area contributed by atoms with Crippen molar-refractivity contribution in [2.24, 2.45) is 0 Å². The lowest BCUT2D eigenvalue weighted by molar-refractivity contribution is 0.0985. The maximum Gasteiger partial charge on any atom is 0.196 e. The summed E-state index contributed by atoms with van der Waals surface area (Å²) in [5, 5.41) is 6.51. The molecule has 0 radical (unpaired) electrons. The minimum Gasteiger partial charge on any atom is -0.313 e. The maximum atomic E-state index is 11.6. The molecule has 1 fully saturated rings. The number of ketones is 1. The summed E-state index contributed by atoms with van der Waals surface area (Å²) in [5.41, 5.74) is 0.425. The van der Waals surface area contributed by atoms with E-state index in [1.807, 2.05) is 0 Å². The molecule has 0 spiro atoms. The van der Waals surface area contributed by atoms with E-state index in [0.29, 0.717) is 18.3 Å². The van der Waals surface area contributed by atoms with Crippen LogP contribution in [0.4, 0.5) is 0 Å². The summed E-state index contributed by atoms with van der Waals surface area (Å²) < 4.78 is 0. The van der Waals surface area contributed by atoms with Gasteiger partial charge in [-0.3, -0.25) is 9.78 Å². The van der Waals surface area contributed by atoms with Crippen molar-refractivity contribution in [2.45, 2.75) is 18.9 Å². The van der Waals surface area contributed by atoms with Gasteiger partial charge >= 0.3 is 0 Å². The average molecular weight is 220 g/mol. The van der Waals surface area contributed by atoms with Crippen LogP contribution in [0.2, 0.25) is 0 Å². The maximum absolute atomic E-state index is 11.6. The van der Waals surface area contributed by atoms with Gasteiger partial charge in [-0.25, -0.2) is 4.98 Å². The van der Waals surface area contributed by atoms with Gasteiger partial charge in [-0.2, -0.15) is 0 Å². The van der Waals surface area contributed by atoms with Gasteiger partial charge in [-0.05, 0) is 19.4 Å². The lowest BCUT2D eigenvalue weighted by Gasteiger charge is -2.10. The molecule has 2 N–H and O–H groups in total. The number of nitrogens with one attached hydrogen (secondary N) is 2. The summed E-state index contributed by atoms with van der Waals surface area (Å²) in [5.74, 6) is -0.00824. The van der Waals surface area contributed by atoms with E-state index in [0.717, 1.165) is 13.1 Å². The first kappa shape index (κ1) is 11.2. The van der Waals surface area contributed by atoms with Gasteiger partial charge in [0.1, 0.15) is 5.69 Å². The van der Waals surface area contributed by atoms with Crippen molar-refractivity contribution in [3.63, 3.8) is 0 Å². The standard InChI is InChI=1S/C11H16N4O/c16-11(10-7-12-4-5-15-10)8-13-6-9-2-1-3-14-9/h4-5,7,9,13-14H,1-3,6,8H2/t9-/m1/s1. The van der Waals surface area contributed by atoms with Gasteiger partial charge in [0, 0.05) is 25.0 Å². The Balaban J connectivity index is 1.71. The molecule has 1 aromatic rings. The van der Waals surface area contributed by atoms with Crippen molar-refractivity contribution in [1.29, 1.82) is 0 Å². The molecule has 2 rings (SSSR count). The van der Waals surface area contributed by atoms with Crippen LogP contribution in [-0.2, 0) is 0 Å². The van der Waals surface area contributed by atoms with Crippen molar-refractivity contribution in [3.05, 3.63) is 24.3 Å². The molecule has 0 amide bonds. The van der Waals surface area contributed by atoms with E-state index in [1.165, 1.54) is 25.2 Å². The quantitative estimate of drug-likeness (QED) is 0.684. The monoisotopic (exact) mass is 220 g/mol. The first-order valence-corrected chi connectivity index (χ1v) is 5.59. The Bertz CT molecular complexity index is 335. The Morgan fingerprint density at radius 1 is 1.56 bits per heavy atom.